The van der Waals surface area contributed by atoms with Gasteiger partial charge in [0.25, 0.3) is 0 Å². The number of nitrogens with one attached hydrogen (secondary N) is 1. The Kier molecular flexibility index (Phi) is 4.42. The van der Waals surface area contributed by atoms with Crippen LogP contribution >= 0.6 is 15.9 Å². The molecular formula is C17H25BrN2O. The van der Waals surface area contributed by atoms with Crippen LogP contribution in [0.3, 0.4) is 0 Å². The van der Waals surface area contributed by atoms with Gasteiger partial charge in [0, 0.05) is 36.1 Å². The van der Waals surface area contributed by atoms with Crippen LogP contribution in [0, 0.1) is 0 Å². The van der Waals surface area contributed by atoms with Gasteiger partial charge < -0.3 is 10.4 Å². The number of aliphatic hydroxyl groups is 1. The molecule has 2 aliphatic rings. The van der Waals surface area contributed by atoms with E-state index in [4.69, 9.17) is 0 Å². The molecule has 3 nitrogen and oxygen atoms in total. The Morgan fingerprint density at radius 3 is 2.52 bits per heavy atom. The van der Waals surface area contributed by atoms with Crippen molar-refractivity contribution in [2.24, 2.45) is 0 Å². The van der Waals surface area contributed by atoms with Crippen molar-refractivity contribution in [3.05, 3.63) is 34.3 Å². The van der Waals surface area contributed by atoms with Crippen LogP contribution < -0.4 is 5.32 Å². The van der Waals surface area contributed by atoms with Crippen molar-refractivity contribution in [2.75, 3.05) is 26.2 Å². The average Bonchev–Trinajstić information content (AvgIpc) is 2.52. The van der Waals surface area contributed by atoms with E-state index < -0.39 is 5.72 Å². The van der Waals surface area contributed by atoms with Crippen LogP contribution in [0.15, 0.2) is 28.7 Å². The van der Waals surface area contributed by atoms with Gasteiger partial charge in [0.15, 0.2) is 0 Å². The molecular weight excluding hydrogens is 328 g/mol. The molecule has 4 heteroatoms. The number of rotatable bonds is 2. The Balaban J connectivity index is 2.02. The summed E-state index contributed by atoms with van der Waals surface area (Å²) < 4.78 is 1.11. The topological polar surface area (TPSA) is 35.5 Å². The number of hydrogen-bond donors (Lipinski definition) is 2. The summed E-state index contributed by atoms with van der Waals surface area (Å²) in [4.78, 5) is 2.31. The molecule has 2 unspecified atom stereocenters. The second kappa shape index (κ2) is 5.99. The first-order valence-electron chi connectivity index (χ1n) is 8.01. The van der Waals surface area contributed by atoms with Crippen molar-refractivity contribution in [1.29, 1.82) is 0 Å². The Morgan fingerprint density at radius 2 is 1.81 bits per heavy atom. The summed E-state index contributed by atoms with van der Waals surface area (Å²) in [6, 6.07) is 8.39. The van der Waals surface area contributed by atoms with Gasteiger partial charge in [-0.2, -0.15) is 0 Å². The fourth-order valence-electron chi connectivity index (χ4n) is 4.13. The molecule has 1 aliphatic heterocycles. The third kappa shape index (κ3) is 2.56. The van der Waals surface area contributed by atoms with E-state index in [1.54, 1.807) is 0 Å². The van der Waals surface area contributed by atoms with Gasteiger partial charge in [-0.15, -0.1) is 0 Å². The van der Waals surface area contributed by atoms with E-state index in [2.05, 4.69) is 51.3 Å². The molecule has 1 saturated carbocycles. The Hall–Kier alpha value is -0.420. The van der Waals surface area contributed by atoms with E-state index >= 15 is 0 Å². The molecule has 0 spiro atoms. The van der Waals surface area contributed by atoms with Gasteiger partial charge in [-0.3, -0.25) is 4.90 Å². The second-order valence-electron chi connectivity index (χ2n) is 6.57. The molecule has 0 bridgehead atoms. The third-order valence-corrected chi connectivity index (χ3v) is 6.14. The van der Waals surface area contributed by atoms with Crippen molar-refractivity contribution in [3.8, 4) is 0 Å². The SMILES string of the molecule is CC1(c2ccccc2Br)CCCCC1(O)N1CCNCC1. The quantitative estimate of drug-likeness (QED) is 0.858. The van der Waals surface area contributed by atoms with Crippen molar-refractivity contribution in [1.82, 2.24) is 10.2 Å². The summed E-state index contributed by atoms with van der Waals surface area (Å²) in [5.74, 6) is 0. The third-order valence-electron chi connectivity index (χ3n) is 5.44. The molecule has 0 amide bonds. The lowest BCUT2D eigenvalue weighted by Crippen LogP contribution is -2.66. The lowest BCUT2D eigenvalue weighted by molar-refractivity contribution is -0.183. The van der Waals surface area contributed by atoms with Crippen LogP contribution in [0.4, 0.5) is 0 Å². The molecule has 1 aliphatic carbocycles. The van der Waals surface area contributed by atoms with Gasteiger partial charge in [-0.05, 0) is 30.9 Å². The smallest absolute Gasteiger partial charge is 0.128 e. The zero-order chi connectivity index (χ0) is 14.9. The summed E-state index contributed by atoms with van der Waals surface area (Å²) in [6.45, 7) is 6.03. The summed E-state index contributed by atoms with van der Waals surface area (Å²) >= 11 is 3.70. The van der Waals surface area contributed by atoms with Crippen molar-refractivity contribution >= 4 is 15.9 Å². The fourth-order valence-corrected chi connectivity index (χ4v) is 4.85. The number of hydrogen-bond acceptors (Lipinski definition) is 3. The Labute approximate surface area is 135 Å². The fraction of sp³-hybridized carbons (Fsp3) is 0.647. The first-order chi connectivity index (χ1) is 10.1. The van der Waals surface area contributed by atoms with Gasteiger partial charge in [-0.1, -0.05) is 47.5 Å². The summed E-state index contributed by atoms with van der Waals surface area (Å²) in [5, 5.41) is 15.1. The predicted molar refractivity (Wildman–Crippen MR) is 89.4 cm³/mol. The minimum absolute atomic E-state index is 0.220. The van der Waals surface area contributed by atoms with Crippen LogP contribution in [-0.2, 0) is 5.41 Å². The molecule has 2 fully saturated rings. The summed E-state index contributed by atoms with van der Waals surface area (Å²) in [7, 11) is 0. The number of benzene rings is 1. The van der Waals surface area contributed by atoms with E-state index in [-0.39, 0.29) is 5.41 Å². The van der Waals surface area contributed by atoms with Crippen molar-refractivity contribution in [3.63, 3.8) is 0 Å². The summed E-state index contributed by atoms with van der Waals surface area (Å²) in [6.07, 6.45) is 4.20. The second-order valence-corrected chi connectivity index (χ2v) is 7.43. The minimum atomic E-state index is -0.739. The normalized spacial score (nSPS) is 34.8. The lowest BCUT2D eigenvalue weighted by Gasteiger charge is -2.55. The molecule has 1 heterocycles. The largest absolute Gasteiger partial charge is 0.375 e. The molecule has 0 aromatic heterocycles. The van der Waals surface area contributed by atoms with Crippen LogP contribution in [-0.4, -0.2) is 41.9 Å². The molecule has 1 saturated heterocycles. The molecule has 0 radical (unpaired) electrons. The average molecular weight is 353 g/mol. The van der Waals surface area contributed by atoms with E-state index in [1.165, 1.54) is 12.0 Å². The van der Waals surface area contributed by atoms with Crippen molar-refractivity contribution < 1.29 is 5.11 Å². The number of piperazine rings is 1. The minimum Gasteiger partial charge on any atom is -0.375 e. The maximum Gasteiger partial charge on any atom is 0.128 e. The molecule has 21 heavy (non-hydrogen) atoms. The first-order valence-corrected chi connectivity index (χ1v) is 8.80. The van der Waals surface area contributed by atoms with E-state index in [0.29, 0.717) is 0 Å². The molecule has 1 aromatic carbocycles. The van der Waals surface area contributed by atoms with Crippen LogP contribution in [0.25, 0.3) is 0 Å². The molecule has 116 valence electrons. The summed E-state index contributed by atoms with van der Waals surface area (Å²) in [5.41, 5.74) is 0.283. The van der Waals surface area contributed by atoms with Crippen LogP contribution in [0.5, 0.6) is 0 Å². The zero-order valence-electron chi connectivity index (χ0n) is 12.7. The monoisotopic (exact) mass is 352 g/mol. The highest BCUT2D eigenvalue weighted by Gasteiger charge is 2.53. The predicted octanol–water partition coefficient (Wildman–Crippen LogP) is 2.87. The van der Waals surface area contributed by atoms with Gasteiger partial charge in [0.2, 0.25) is 0 Å². The first kappa shape index (κ1) is 15.5. The number of nitrogens with zero attached hydrogens (tertiary/aromatic N) is 1. The van der Waals surface area contributed by atoms with Gasteiger partial charge in [-0.25, -0.2) is 0 Å². The maximum absolute atomic E-state index is 11.7. The molecule has 2 N–H and O–H groups in total. The van der Waals surface area contributed by atoms with E-state index in [9.17, 15) is 5.11 Å². The van der Waals surface area contributed by atoms with Gasteiger partial charge in [0.05, 0.1) is 0 Å². The van der Waals surface area contributed by atoms with Crippen LogP contribution in [0.1, 0.15) is 38.2 Å². The van der Waals surface area contributed by atoms with E-state index in [1.807, 2.05) is 6.07 Å². The van der Waals surface area contributed by atoms with E-state index in [0.717, 1.165) is 49.9 Å². The van der Waals surface area contributed by atoms with Crippen LogP contribution in [0.2, 0.25) is 0 Å². The highest BCUT2D eigenvalue weighted by atomic mass is 79.9. The highest BCUT2D eigenvalue weighted by Crippen LogP contribution is 2.49. The lowest BCUT2D eigenvalue weighted by atomic mass is 9.64. The Morgan fingerprint density at radius 1 is 1.14 bits per heavy atom. The molecule has 1 aromatic rings. The zero-order valence-corrected chi connectivity index (χ0v) is 14.3. The van der Waals surface area contributed by atoms with Gasteiger partial charge >= 0.3 is 0 Å². The van der Waals surface area contributed by atoms with Crippen molar-refractivity contribution in [2.45, 2.75) is 43.7 Å². The molecule has 2 atom stereocenters. The van der Waals surface area contributed by atoms with Gasteiger partial charge in [0.1, 0.15) is 5.72 Å². The molecule has 3 rings (SSSR count). The Bertz CT molecular complexity index is 503. The highest BCUT2D eigenvalue weighted by molar-refractivity contribution is 9.10. The number of halogens is 1. The standard InChI is InChI=1S/C17H25BrN2O/c1-16(14-6-2-3-7-15(14)18)8-4-5-9-17(16,21)20-12-10-19-11-13-20/h2-3,6-7,19,21H,4-5,8-13H2,1H3. The maximum atomic E-state index is 11.7.